The Labute approximate surface area is 201 Å². The van der Waals surface area contributed by atoms with Gasteiger partial charge in [-0.15, -0.1) is 0 Å². The van der Waals surface area contributed by atoms with E-state index in [4.69, 9.17) is 0 Å². The zero-order chi connectivity index (χ0) is 25.4. The number of carbonyl (C=O) groups excluding carboxylic acids is 1. The van der Waals surface area contributed by atoms with Crippen LogP contribution in [0.3, 0.4) is 0 Å². The summed E-state index contributed by atoms with van der Waals surface area (Å²) in [6.07, 6.45) is 0.280. The second-order valence-electron chi connectivity index (χ2n) is 7.47. The van der Waals surface area contributed by atoms with Crippen molar-refractivity contribution in [3.05, 3.63) is 89.2 Å². The Balaban J connectivity index is 1.57. The van der Waals surface area contributed by atoms with Crippen molar-refractivity contribution in [3.63, 3.8) is 0 Å². The third kappa shape index (κ3) is 7.62. The Hall–Kier alpha value is -3.77. The van der Waals surface area contributed by atoms with Crippen molar-refractivity contribution in [1.82, 2.24) is 0 Å². The Morgan fingerprint density at radius 3 is 2.26 bits per heavy atom. The van der Waals surface area contributed by atoms with Crippen LogP contribution in [-0.2, 0) is 27.5 Å². The fourth-order valence-corrected chi connectivity index (χ4v) is 3.98. The quantitative estimate of drug-likeness (QED) is 0.441. The van der Waals surface area contributed by atoms with Crippen LogP contribution < -0.4 is 10.1 Å². The van der Waals surface area contributed by atoms with Gasteiger partial charge in [0.25, 0.3) is 0 Å². The first kappa shape index (κ1) is 25.8. The Bertz CT molecular complexity index is 1340. The van der Waals surface area contributed by atoms with Gasteiger partial charge in [-0.3, -0.25) is 4.79 Å². The van der Waals surface area contributed by atoms with Gasteiger partial charge in [0.05, 0.1) is 22.6 Å². The van der Waals surface area contributed by atoms with Crippen molar-refractivity contribution in [2.24, 2.45) is 0 Å². The topological polar surface area (TPSA) is 72.5 Å². The minimum atomic E-state index is -3.31. The summed E-state index contributed by atoms with van der Waals surface area (Å²) in [5.74, 6) is 4.58. The molecule has 1 amide bonds. The minimum absolute atomic E-state index is 0.00320. The van der Waals surface area contributed by atoms with Crippen molar-refractivity contribution < 1.29 is 31.1 Å². The summed E-state index contributed by atoms with van der Waals surface area (Å²) >= 11 is 0. The van der Waals surface area contributed by atoms with E-state index in [1.807, 2.05) is 0 Å². The molecule has 3 aromatic carbocycles. The molecule has 1 N–H and O–H groups in total. The van der Waals surface area contributed by atoms with Crippen molar-refractivity contribution in [2.75, 3.05) is 11.1 Å². The molecule has 0 aliphatic heterocycles. The zero-order valence-electron chi connectivity index (χ0n) is 18.7. The highest BCUT2D eigenvalue weighted by atomic mass is 32.2. The van der Waals surface area contributed by atoms with Crippen molar-refractivity contribution in [2.45, 2.75) is 31.3 Å². The maximum atomic E-state index is 14.4. The van der Waals surface area contributed by atoms with Crippen LogP contribution in [0.25, 0.3) is 0 Å². The molecule has 182 valence electrons. The lowest BCUT2D eigenvalue weighted by Crippen LogP contribution is -2.14. The number of halogens is 3. The summed E-state index contributed by atoms with van der Waals surface area (Å²) < 4.78 is 66.8. The number of alkyl halides is 2. The molecule has 0 aliphatic rings. The molecule has 0 spiro atoms. The molecule has 3 rings (SSSR count). The molecule has 9 heteroatoms. The highest BCUT2D eigenvalue weighted by molar-refractivity contribution is 7.91. The summed E-state index contributed by atoms with van der Waals surface area (Å²) in [5, 5.41) is 2.60. The van der Waals surface area contributed by atoms with Crippen LogP contribution in [0.2, 0.25) is 0 Å². The van der Waals surface area contributed by atoms with E-state index < -0.39 is 22.3 Å². The van der Waals surface area contributed by atoms with Crippen LogP contribution in [0, 0.1) is 17.7 Å². The van der Waals surface area contributed by atoms with Crippen molar-refractivity contribution >= 4 is 21.4 Å². The number of sulfone groups is 1. The van der Waals surface area contributed by atoms with Crippen LogP contribution in [0.1, 0.15) is 23.6 Å². The molecular weight excluding hydrogens is 479 g/mol. The number of hydrogen-bond acceptors (Lipinski definition) is 4. The molecule has 0 heterocycles. The van der Waals surface area contributed by atoms with Gasteiger partial charge in [0, 0.05) is 12.1 Å². The predicted octanol–water partition coefficient (Wildman–Crippen LogP) is 5.00. The van der Waals surface area contributed by atoms with E-state index in [9.17, 15) is 26.4 Å². The molecule has 0 saturated heterocycles. The second-order valence-corrected chi connectivity index (χ2v) is 9.75. The van der Waals surface area contributed by atoms with E-state index in [1.54, 1.807) is 31.2 Å². The fraction of sp³-hybridized carbons (Fsp3) is 0.192. The van der Waals surface area contributed by atoms with E-state index in [0.717, 1.165) is 11.6 Å². The highest BCUT2D eigenvalue weighted by Gasteiger charge is 2.12. The molecule has 0 atom stereocenters. The monoisotopic (exact) mass is 501 g/mol. The van der Waals surface area contributed by atoms with Crippen LogP contribution >= 0.6 is 0 Å². The summed E-state index contributed by atoms with van der Waals surface area (Å²) in [7, 11) is -3.31. The number of carbonyl (C=O) groups is 1. The first-order valence-corrected chi connectivity index (χ1v) is 12.2. The highest BCUT2D eigenvalue weighted by Crippen LogP contribution is 2.17. The van der Waals surface area contributed by atoms with Gasteiger partial charge in [-0.2, -0.15) is 8.78 Å². The van der Waals surface area contributed by atoms with E-state index in [0.29, 0.717) is 5.56 Å². The average Bonchev–Trinajstić information content (AvgIpc) is 2.81. The SMILES string of the molecule is CCS(=O)(=O)c1ccc(CC(=O)Nc2ccc(C#CCc3ccc(OC(F)F)cc3)c(F)c2)cc1. The van der Waals surface area contributed by atoms with Gasteiger partial charge < -0.3 is 10.1 Å². The Morgan fingerprint density at radius 1 is 1.00 bits per heavy atom. The average molecular weight is 502 g/mol. The first-order valence-electron chi connectivity index (χ1n) is 10.6. The Morgan fingerprint density at radius 2 is 1.66 bits per heavy atom. The van der Waals surface area contributed by atoms with E-state index in [2.05, 4.69) is 21.9 Å². The first-order chi connectivity index (χ1) is 16.7. The van der Waals surface area contributed by atoms with Crippen LogP contribution in [0.4, 0.5) is 18.9 Å². The van der Waals surface area contributed by atoms with Crippen molar-refractivity contribution in [3.8, 4) is 17.6 Å². The van der Waals surface area contributed by atoms with Gasteiger partial charge in [-0.25, -0.2) is 12.8 Å². The summed E-state index contributed by atoms with van der Waals surface area (Å²) in [4.78, 5) is 12.5. The van der Waals surface area contributed by atoms with E-state index in [1.165, 1.54) is 36.4 Å². The molecule has 0 saturated carbocycles. The standard InChI is InChI=1S/C26H22F3NO4S/c1-2-35(32,33)23-14-8-19(9-15-23)16-25(31)30-21-11-10-20(24(27)17-21)5-3-4-18-6-12-22(13-7-18)34-26(28)29/h6-15,17,26H,2,4,16H2,1H3,(H,30,31). The summed E-state index contributed by atoms with van der Waals surface area (Å²) in [5.41, 5.74) is 1.78. The largest absolute Gasteiger partial charge is 0.435 e. The van der Waals surface area contributed by atoms with Crippen LogP contribution in [0.15, 0.2) is 71.6 Å². The van der Waals surface area contributed by atoms with Gasteiger partial charge in [0.15, 0.2) is 9.84 Å². The summed E-state index contributed by atoms with van der Waals surface area (Å²) in [6.45, 7) is -1.34. The van der Waals surface area contributed by atoms with E-state index in [-0.39, 0.29) is 46.4 Å². The molecule has 0 fully saturated rings. The molecule has 3 aromatic rings. The van der Waals surface area contributed by atoms with Gasteiger partial charge in [0.1, 0.15) is 11.6 Å². The number of nitrogens with one attached hydrogen (secondary N) is 1. The molecule has 0 aliphatic carbocycles. The van der Waals surface area contributed by atoms with Gasteiger partial charge in [-0.05, 0) is 53.6 Å². The number of hydrogen-bond donors (Lipinski definition) is 1. The molecule has 35 heavy (non-hydrogen) atoms. The van der Waals surface area contributed by atoms with Crippen molar-refractivity contribution in [1.29, 1.82) is 0 Å². The van der Waals surface area contributed by atoms with Gasteiger partial charge in [0.2, 0.25) is 5.91 Å². The molecule has 0 bridgehead atoms. The zero-order valence-corrected chi connectivity index (χ0v) is 19.5. The minimum Gasteiger partial charge on any atom is -0.435 e. The smallest absolute Gasteiger partial charge is 0.387 e. The second kappa shape index (κ2) is 11.6. The lowest BCUT2D eigenvalue weighted by atomic mass is 10.1. The van der Waals surface area contributed by atoms with Crippen LogP contribution in [-0.4, -0.2) is 26.7 Å². The predicted molar refractivity (Wildman–Crippen MR) is 127 cm³/mol. The number of amides is 1. The van der Waals surface area contributed by atoms with Gasteiger partial charge >= 0.3 is 6.61 Å². The Kier molecular flexibility index (Phi) is 8.55. The molecular formula is C26H22F3NO4S. The molecule has 0 aromatic heterocycles. The summed E-state index contributed by atoms with van der Waals surface area (Å²) in [6, 6.07) is 16.2. The number of benzene rings is 3. The normalized spacial score (nSPS) is 11.0. The van der Waals surface area contributed by atoms with Gasteiger partial charge in [-0.1, -0.05) is 43.0 Å². The number of anilines is 1. The molecule has 0 unspecified atom stereocenters. The lowest BCUT2D eigenvalue weighted by Gasteiger charge is -2.07. The lowest BCUT2D eigenvalue weighted by molar-refractivity contribution is -0.115. The maximum absolute atomic E-state index is 14.4. The molecule has 0 radical (unpaired) electrons. The number of ether oxygens (including phenoxy) is 1. The third-order valence-corrected chi connectivity index (χ3v) is 6.69. The van der Waals surface area contributed by atoms with E-state index >= 15 is 0 Å². The number of rotatable bonds is 8. The third-order valence-electron chi connectivity index (χ3n) is 4.94. The maximum Gasteiger partial charge on any atom is 0.387 e. The molecule has 5 nitrogen and oxygen atoms in total. The van der Waals surface area contributed by atoms with Crippen LogP contribution in [0.5, 0.6) is 5.75 Å². The fourth-order valence-electron chi connectivity index (χ4n) is 3.10.